The summed E-state index contributed by atoms with van der Waals surface area (Å²) in [5, 5.41) is 2.30. The quantitative estimate of drug-likeness (QED) is 0.510. The number of imide groups is 1. The van der Waals surface area contributed by atoms with E-state index >= 15 is 0 Å². The van der Waals surface area contributed by atoms with E-state index in [1.54, 1.807) is 6.92 Å². The van der Waals surface area contributed by atoms with Crippen LogP contribution < -0.4 is 5.32 Å². The lowest BCUT2D eigenvalue weighted by Crippen LogP contribution is -2.30. The minimum atomic E-state index is -0.365. The van der Waals surface area contributed by atoms with Crippen molar-refractivity contribution < 1.29 is 9.59 Å². The molecule has 0 heterocycles. The Morgan fingerprint density at radius 2 is 1.62 bits per heavy atom. The fourth-order valence-electron chi connectivity index (χ4n) is 1.36. The summed E-state index contributed by atoms with van der Waals surface area (Å²) in [7, 11) is 0. The highest BCUT2D eigenvalue weighted by atomic mass is 16.2. The van der Waals surface area contributed by atoms with Crippen LogP contribution in [0.3, 0.4) is 0 Å². The maximum atomic E-state index is 11.3. The molecule has 0 aliphatic carbocycles. The number of hydrogen-bond acceptors (Lipinski definition) is 2. The van der Waals surface area contributed by atoms with E-state index in [0.717, 1.165) is 12.8 Å². The molecular weight excluding hydrogens is 202 g/mol. The summed E-state index contributed by atoms with van der Waals surface area (Å²) >= 11 is 0. The molecule has 0 bridgehead atoms. The molecule has 0 spiro atoms. The lowest BCUT2D eigenvalue weighted by Gasteiger charge is -2.03. The summed E-state index contributed by atoms with van der Waals surface area (Å²) in [6, 6.07) is 0. The van der Waals surface area contributed by atoms with Crippen molar-refractivity contribution in [3.8, 4) is 0 Å². The Labute approximate surface area is 98.3 Å². The van der Waals surface area contributed by atoms with Crippen LogP contribution in [0.2, 0.25) is 0 Å². The smallest absolute Gasteiger partial charge is 0.252 e. The van der Waals surface area contributed by atoms with Crippen LogP contribution in [0.1, 0.15) is 58.8 Å². The van der Waals surface area contributed by atoms with Gasteiger partial charge in [0.25, 0.3) is 5.91 Å². The van der Waals surface area contributed by atoms with E-state index in [9.17, 15) is 9.59 Å². The molecule has 0 radical (unpaired) electrons. The van der Waals surface area contributed by atoms with E-state index in [0.29, 0.717) is 12.0 Å². The molecule has 0 saturated heterocycles. The van der Waals surface area contributed by atoms with Crippen molar-refractivity contribution in [1.82, 2.24) is 5.32 Å². The molecule has 0 unspecified atom stereocenters. The van der Waals surface area contributed by atoms with Crippen molar-refractivity contribution in [2.75, 3.05) is 0 Å². The third kappa shape index (κ3) is 8.21. The minimum absolute atomic E-state index is 0.191. The zero-order valence-corrected chi connectivity index (χ0v) is 10.5. The monoisotopic (exact) mass is 225 g/mol. The van der Waals surface area contributed by atoms with Crippen LogP contribution in [0.5, 0.6) is 0 Å². The summed E-state index contributed by atoms with van der Waals surface area (Å²) in [4.78, 5) is 22.4. The molecule has 0 fully saturated rings. The second kappa shape index (κ2) is 9.13. The van der Waals surface area contributed by atoms with Gasteiger partial charge in [0.1, 0.15) is 0 Å². The SMILES string of the molecule is C=C(C)C(=O)NC(=O)CCCCCCCC. The Morgan fingerprint density at radius 1 is 1.06 bits per heavy atom. The highest BCUT2D eigenvalue weighted by Gasteiger charge is 2.07. The molecule has 16 heavy (non-hydrogen) atoms. The van der Waals surface area contributed by atoms with Crippen LogP contribution in [-0.4, -0.2) is 11.8 Å². The maximum absolute atomic E-state index is 11.3. The van der Waals surface area contributed by atoms with Crippen LogP contribution in [0.25, 0.3) is 0 Å². The highest BCUT2D eigenvalue weighted by Crippen LogP contribution is 2.06. The normalized spacial score (nSPS) is 9.88. The van der Waals surface area contributed by atoms with Crippen LogP contribution in [0.15, 0.2) is 12.2 Å². The highest BCUT2D eigenvalue weighted by molar-refractivity contribution is 6.03. The number of unbranched alkanes of at least 4 members (excludes halogenated alkanes) is 5. The first kappa shape index (κ1) is 14.9. The van der Waals surface area contributed by atoms with Crippen LogP contribution in [0, 0.1) is 0 Å². The minimum Gasteiger partial charge on any atom is -0.293 e. The predicted octanol–water partition coefficient (Wildman–Crippen LogP) is 2.96. The summed E-state index contributed by atoms with van der Waals surface area (Å²) in [5.74, 6) is -0.556. The number of amides is 2. The van der Waals surface area contributed by atoms with E-state index in [1.165, 1.54) is 25.7 Å². The maximum Gasteiger partial charge on any atom is 0.252 e. The van der Waals surface area contributed by atoms with Crippen molar-refractivity contribution in [3.05, 3.63) is 12.2 Å². The molecule has 0 aromatic carbocycles. The molecule has 0 aromatic heterocycles. The van der Waals surface area contributed by atoms with E-state index in [4.69, 9.17) is 0 Å². The van der Waals surface area contributed by atoms with Gasteiger partial charge in [-0.25, -0.2) is 0 Å². The van der Waals surface area contributed by atoms with E-state index in [2.05, 4.69) is 18.8 Å². The van der Waals surface area contributed by atoms with Gasteiger partial charge >= 0.3 is 0 Å². The fraction of sp³-hybridized carbons (Fsp3) is 0.692. The van der Waals surface area contributed by atoms with Gasteiger partial charge in [0.05, 0.1) is 0 Å². The molecule has 0 aliphatic heterocycles. The van der Waals surface area contributed by atoms with Crippen LogP contribution in [0.4, 0.5) is 0 Å². The third-order valence-corrected chi connectivity index (χ3v) is 2.40. The average Bonchev–Trinajstić information content (AvgIpc) is 2.23. The lowest BCUT2D eigenvalue weighted by molar-refractivity contribution is -0.128. The van der Waals surface area contributed by atoms with Gasteiger partial charge in [0.2, 0.25) is 5.91 Å². The van der Waals surface area contributed by atoms with Gasteiger partial charge in [-0.2, -0.15) is 0 Å². The number of nitrogens with one attached hydrogen (secondary N) is 1. The second-order valence-corrected chi connectivity index (χ2v) is 4.18. The van der Waals surface area contributed by atoms with Crippen molar-refractivity contribution in [2.24, 2.45) is 0 Å². The predicted molar refractivity (Wildman–Crippen MR) is 66.0 cm³/mol. The van der Waals surface area contributed by atoms with E-state index in [-0.39, 0.29) is 11.8 Å². The number of carbonyl (C=O) groups excluding carboxylic acids is 2. The molecule has 0 aliphatic rings. The lowest BCUT2D eigenvalue weighted by atomic mass is 10.1. The molecular formula is C13H23NO2. The number of hydrogen-bond donors (Lipinski definition) is 1. The molecule has 3 heteroatoms. The molecule has 2 amide bonds. The summed E-state index contributed by atoms with van der Waals surface area (Å²) in [6.07, 6.45) is 7.27. The molecule has 0 saturated carbocycles. The fourth-order valence-corrected chi connectivity index (χ4v) is 1.36. The number of carbonyl (C=O) groups is 2. The van der Waals surface area contributed by atoms with Gasteiger partial charge in [-0.3, -0.25) is 14.9 Å². The molecule has 92 valence electrons. The van der Waals surface area contributed by atoms with Crippen molar-refractivity contribution in [3.63, 3.8) is 0 Å². The topological polar surface area (TPSA) is 46.2 Å². The first-order valence-corrected chi connectivity index (χ1v) is 6.07. The molecule has 0 rings (SSSR count). The molecule has 3 nitrogen and oxygen atoms in total. The zero-order valence-electron chi connectivity index (χ0n) is 10.5. The van der Waals surface area contributed by atoms with Gasteiger partial charge in [-0.15, -0.1) is 0 Å². The first-order valence-electron chi connectivity index (χ1n) is 6.07. The average molecular weight is 225 g/mol. The van der Waals surface area contributed by atoms with Gasteiger partial charge < -0.3 is 0 Å². The Morgan fingerprint density at radius 3 is 2.19 bits per heavy atom. The summed E-state index contributed by atoms with van der Waals surface area (Å²) in [6.45, 7) is 7.24. The van der Waals surface area contributed by atoms with Gasteiger partial charge in [0, 0.05) is 12.0 Å². The Balaban J connectivity index is 3.44. The van der Waals surface area contributed by atoms with Crippen LogP contribution in [-0.2, 0) is 9.59 Å². The van der Waals surface area contributed by atoms with Crippen molar-refractivity contribution >= 4 is 11.8 Å². The van der Waals surface area contributed by atoms with E-state index in [1.807, 2.05) is 0 Å². The Hall–Kier alpha value is -1.12. The first-order chi connectivity index (χ1) is 7.57. The second-order valence-electron chi connectivity index (χ2n) is 4.18. The van der Waals surface area contributed by atoms with Crippen molar-refractivity contribution in [2.45, 2.75) is 58.8 Å². The molecule has 0 atom stereocenters. The standard InChI is InChI=1S/C13H23NO2/c1-4-5-6-7-8-9-10-12(15)14-13(16)11(2)3/h2,4-10H2,1,3H3,(H,14,15,16). The summed E-state index contributed by atoms with van der Waals surface area (Å²) < 4.78 is 0. The zero-order chi connectivity index (χ0) is 12.4. The van der Waals surface area contributed by atoms with Gasteiger partial charge in [-0.1, -0.05) is 45.6 Å². The van der Waals surface area contributed by atoms with Crippen molar-refractivity contribution in [1.29, 1.82) is 0 Å². The van der Waals surface area contributed by atoms with Gasteiger partial charge in [0.15, 0.2) is 0 Å². The Bertz CT molecular complexity index is 246. The molecule has 0 aromatic rings. The largest absolute Gasteiger partial charge is 0.293 e. The number of rotatable bonds is 8. The van der Waals surface area contributed by atoms with E-state index < -0.39 is 0 Å². The van der Waals surface area contributed by atoms with Gasteiger partial charge in [-0.05, 0) is 13.3 Å². The molecule has 1 N–H and O–H groups in total. The summed E-state index contributed by atoms with van der Waals surface area (Å²) in [5.41, 5.74) is 0.372. The Kier molecular flexibility index (Phi) is 8.49. The van der Waals surface area contributed by atoms with Crippen LogP contribution >= 0.6 is 0 Å². The third-order valence-electron chi connectivity index (χ3n) is 2.40.